The minimum atomic E-state index is 0.383. The zero-order chi connectivity index (χ0) is 32.8. The highest BCUT2D eigenvalue weighted by atomic mass is 16.6. The summed E-state index contributed by atoms with van der Waals surface area (Å²) in [4.78, 5) is 0. The van der Waals surface area contributed by atoms with Gasteiger partial charge in [0.05, 0.1) is 26.4 Å². The van der Waals surface area contributed by atoms with Crippen molar-refractivity contribution in [3.8, 4) is 0 Å². The molecule has 2 saturated heterocycles. The molecule has 2 fully saturated rings. The zero-order valence-electron chi connectivity index (χ0n) is 31.7. The SMILES string of the molecule is CC(CCC(COCC1CO1)C(C)CC(C)(C)C)CC(C)(C)C.CCCCCCCCC(CCCCCC)COCC1CO1. The van der Waals surface area contributed by atoms with Crippen molar-refractivity contribution in [1.29, 1.82) is 0 Å². The normalized spacial score (nSPS) is 20.9. The van der Waals surface area contributed by atoms with E-state index < -0.39 is 0 Å². The van der Waals surface area contributed by atoms with E-state index >= 15 is 0 Å². The van der Waals surface area contributed by atoms with Crippen LogP contribution in [0.2, 0.25) is 0 Å². The third-order valence-electron chi connectivity index (χ3n) is 9.26. The van der Waals surface area contributed by atoms with Gasteiger partial charge in [0.25, 0.3) is 0 Å². The molecule has 0 amide bonds. The third kappa shape index (κ3) is 27.0. The lowest BCUT2D eigenvalue weighted by atomic mass is 9.76. The van der Waals surface area contributed by atoms with Crippen molar-refractivity contribution in [2.45, 2.75) is 184 Å². The van der Waals surface area contributed by atoms with Crippen molar-refractivity contribution >= 4 is 0 Å². The minimum absolute atomic E-state index is 0.383. The van der Waals surface area contributed by atoms with Crippen LogP contribution in [0.1, 0.15) is 172 Å². The van der Waals surface area contributed by atoms with Crippen LogP contribution in [0.4, 0.5) is 0 Å². The quantitative estimate of drug-likeness (QED) is 0.0709. The summed E-state index contributed by atoms with van der Waals surface area (Å²) in [5, 5.41) is 0. The molecule has 0 N–H and O–H groups in total. The number of hydrogen-bond donors (Lipinski definition) is 0. The summed E-state index contributed by atoms with van der Waals surface area (Å²) in [5.74, 6) is 2.98. The smallest absolute Gasteiger partial charge is 0.104 e. The van der Waals surface area contributed by atoms with Crippen LogP contribution in [0.25, 0.3) is 0 Å². The molecule has 264 valence electrons. The van der Waals surface area contributed by atoms with Crippen LogP contribution in [0, 0.1) is 34.5 Å². The molecule has 4 heteroatoms. The lowest BCUT2D eigenvalue weighted by molar-refractivity contribution is 0.0540. The number of epoxide rings is 2. The summed E-state index contributed by atoms with van der Waals surface area (Å²) in [6, 6.07) is 0. The summed E-state index contributed by atoms with van der Waals surface area (Å²) in [7, 11) is 0. The van der Waals surface area contributed by atoms with Gasteiger partial charge in [0, 0.05) is 13.2 Å². The Morgan fingerprint density at radius 2 is 1.05 bits per heavy atom. The van der Waals surface area contributed by atoms with Gasteiger partial charge in [-0.3, -0.25) is 0 Å². The van der Waals surface area contributed by atoms with Gasteiger partial charge in [-0.25, -0.2) is 0 Å². The molecule has 0 aliphatic carbocycles. The van der Waals surface area contributed by atoms with Gasteiger partial charge in [0.1, 0.15) is 12.2 Å². The molecule has 0 aromatic heterocycles. The lowest BCUT2D eigenvalue weighted by Gasteiger charge is -2.31. The van der Waals surface area contributed by atoms with E-state index in [4.69, 9.17) is 18.9 Å². The number of rotatable bonds is 26. The molecule has 2 aliphatic rings. The van der Waals surface area contributed by atoms with E-state index in [0.29, 0.717) is 29.0 Å². The second kappa shape index (κ2) is 24.1. The van der Waals surface area contributed by atoms with Crippen LogP contribution >= 0.6 is 0 Å². The summed E-state index contributed by atoms with van der Waals surface area (Å²) in [6.07, 6.45) is 22.6. The molecular weight excluding hydrogens is 544 g/mol. The average molecular weight is 625 g/mol. The van der Waals surface area contributed by atoms with Gasteiger partial charge < -0.3 is 18.9 Å². The van der Waals surface area contributed by atoms with Gasteiger partial charge in [0.15, 0.2) is 0 Å². The summed E-state index contributed by atoms with van der Waals surface area (Å²) in [5.41, 5.74) is 0.833. The molecule has 6 unspecified atom stereocenters. The minimum Gasteiger partial charge on any atom is -0.378 e. The second-order valence-corrected chi connectivity index (χ2v) is 17.2. The first-order valence-corrected chi connectivity index (χ1v) is 19.2. The molecular formula is C40H80O4. The summed E-state index contributed by atoms with van der Waals surface area (Å²) >= 11 is 0. The van der Waals surface area contributed by atoms with Crippen LogP contribution in [-0.4, -0.2) is 51.8 Å². The Morgan fingerprint density at radius 1 is 0.591 bits per heavy atom. The van der Waals surface area contributed by atoms with E-state index in [1.54, 1.807) is 0 Å². The van der Waals surface area contributed by atoms with E-state index in [9.17, 15) is 0 Å². The maximum absolute atomic E-state index is 5.96. The van der Waals surface area contributed by atoms with Gasteiger partial charge in [0.2, 0.25) is 0 Å². The van der Waals surface area contributed by atoms with E-state index in [1.165, 1.54) is 103 Å². The fraction of sp³-hybridized carbons (Fsp3) is 1.00. The Labute approximate surface area is 276 Å². The van der Waals surface area contributed by atoms with Crippen molar-refractivity contribution in [2.24, 2.45) is 34.5 Å². The molecule has 0 aromatic rings. The molecule has 0 radical (unpaired) electrons. The molecule has 0 spiro atoms. The Hall–Kier alpha value is -0.160. The van der Waals surface area contributed by atoms with E-state index in [2.05, 4.69) is 69.2 Å². The van der Waals surface area contributed by atoms with Crippen LogP contribution < -0.4 is 0 Å². The maximum Gasteiger partial charge on any atom is 0.104 e. The Kier molecular flexibility index (Phi) is 22.9. The van der Waals surface area contributed by atoms with Gasteiger partial charge in [-0.05, 0) is 66.6 Å². The Morgan fingerprint density at radius 3 is 1.52 bits per heavy atom. The summed E-state index contributed by atoms with van der Waals surface area (Å²) in [6.45, 7) is 28.8. The second-order valence-electron chi connectivity index (χ2n) is 17.2. The fourth-order valence-corrected chi connectivity index (χ4v) is 6.74. The molecule has 6 atom stereocenters. The first-order valence-electron chi connectivity index (χ1n) is 19.2. The maximum atomic E-state index is 5.96. The molecule has 0 saturated carbocycles. The molecule has 0 bridgehead atoms. The third-order valence-corrected chi connectivity index (χ3v) is 9.26. The monoisotopic (exact) mass is 625 g/mol. The molecule has 2 heterocycles. The first kappa shape index (κ1) is 41.9. The standard InChI is InChI=1S/C21H42O2.C19H38O2/c1-16(11-20(3,4)5)9-10-18(13-22-14-19-15-23-19)17(2)12-21(6,7)8;1-3-5-7-9-10-12-14-18(13-11-8-6-4-2)15-20-16-19-17-21-19/h16-19H,9-15H2,1-8H3;18-19H,3-17H2,1-2H3. The highest BCUT2D eigenvalue weighted by Crippen LogP contribution is 2.34. The van der Waals surface area contributed by atoms with Crippen LogP contribution in [0.15, 0.2) is 0 Å². The van der Waals surface area contributed by atoms with Gasteiger partial charge in [-0.2, -0.15) is 0 Å². The van der Waals surface area contributed by atoms with E-state index in [-0.39, 0.29) is 0 Å². The van der Waals surface area contributed by atoms with Gasteiger partial charge in [-0.15, -0.1) is 0 Å². The van der Waals surface area contributed by atoms with Crippen molar-refractivity contribution in [3.63, 3.8) is 0 Å². The van der Waals surface area contributed by atoms with E-state index in [0.717, 1.165) is 57.4 Å². The van der Waals surface area contributed by atoms with E-state index in [1.807, 2.05) is 0 Å². The van der Waals surface area contributed by atoms with Crippen LogP contribution in [0.3, 0.4) is 0 Å². The van der Waals surface area contributed by atoms with Crippen molar-refractivity contribution in [1.82, 2.24) is 0 Å². The average Bonchev–Trinajstić information content (AvgIpc) is 3.85. The largest absolute Gasteiger partial charge is 0.378 e. The Balaban J connectivity index is 0.000000442. The number of unbranched alkanes of at least 4 members (excludes halogenated alkanes) is 8. The molecule has 2 rings (SSSR count). The number of hydrogen-bond acceptors (Lipinski definition) is 4. The van der Waals surface area contributed by atoms with Gasteiger partial charge in [-0.1, -0.05) is 140 Å². The van der Waals surface area contributed by atoms with Crippen molar-refractivity contribution in [2.75, 3.05) is 39.6 Å². The predicted molar refractivity (Wildman–Crippen MR) is 191 cm³/mol. The fourth-order valence-electron chi connectivity index (χ4n) is 6.74. The predicted octanol–water partition coefficient (Wildman–Crippen LogP) is 11.7. The van der Waals surface area contributed by atoms with Crippen LogP contribution in [0.5, 0.6) is 0 Å². The Bertz CT molecular complexity index is 643. The molecule has 4 nitrogen and oxygen atoms in total. The summed E-state index contributed by atoms with van der Waals surface area (Å²) < 4.78 is 22.3. The van der Waals surface area contributed by atoms with Crippen molar-refractivity contribution < 1.29 is 18.9 Å². The lowest BCUT2D eigenvalue weighted by Crippen LogP contribution is -2.24. The molecule has 0 aromatic carbocycles. The van der Waals surface area contributed by atoms with Gasteiger partial charge >= 0.3 is 0 Å². The number of ether oxygens (including phenoxy) is 4. The molecule has 44 heavy (non-hydrogen) atoms. The van der Waals surface area contributed by atoms with Crippen LogP contribution in [-0.2, 0) is 18.9 Å². The highest BCUT2D eigenvalue weighted by Gasteiger charge is 2.27. The zero-order valence-corrected chi connectivity index (χ0v) is 31.7. The van der Waals surface area contributed by atoms with Crippen molar-refractivity contribution in [3.05, 3.63) is 0 Å². The highest BCUT2D eigenvalue weighted by molar-refractivity contribution is 4.76. The topological polar surface area (TPSA) is 43.5 Å². The first-order chi connectivity index (χ1) is 20.8. The molecule has 2 aliphatic heterocycles.